The van der Waals surface area contributed by atoms with E-state index in [0.717, 1.165) is 42.0 Å². The van der Waals surface area contributed by atoms with Crippen LogP contribution in [0.15, 0.2) is 24.3 Å². The largest absolute Gasteiger partial charge is 0.348 e. The fourth-order valence-electron chi connectivity index (χ4n) is 2.13. The molecule has 0 aromatic heterocycles. The van der Waals surface area contributed by atoms with E-state index in [2.05, 4.69) is 10.6 Å². The number of thioether (sulfide) groups is 1. The average molecular weight is 264 g/mol. The molecule has 1 amide bonds. The highest BCUT2D eigenvalue weighted by Gasteiger charge is 2.19. The summed E-state index contributed by atoms with van der Waals surface area (Å²) in [6.07, 6.45) is 1.98. The minimum absolute atomic E-state index is 0.0780. The zero-order valence-electron chi connectivity index (χ0n) is 10.7. The number of rotatable bonds is 5. The maximum atomic E-state index is 12.2. The third-order valence-electron chi connectivity index (χ3n) is 3.17. The molecule has 0 aliphatic carbocycles. The van der Waals surface area contributed by atoms with Gasteiger partial charge in [-0.15, -0.1) is 0 Å². The first-order valence-corrected chi connectivity index (χ1v) is 7.58. The number of amides is 1. The highest BCUT2D eigenvalue weighted by atomic mass is 32.2. The monoisotopic (exact) mass is 264 g/mol. The van der Waals surface area contributed by atoms with E-state index >= 15 is 0 Å². The Labute approximate surface area is 113 Å². The number of carbonyl (C=O) groups is 1. The van der Waals surface area contributed by atoms with Crippen LogP contribution in [-0.2, 0) is 6.42 Å². The van der Waals surface area contributed by atoms with Gasteiger partial charge in [-0.2, -0.15) is 11.8 Å². The van der Waals surface area contributed by atoms with E-state index in [1.807, 2.05) is 43.1 Å². The lowest BCUT2D eigenvalue weighted by molar-refractivity contribution is 0.0940. The molecule has 1 saturated heterocycles. The smallest absolute Gasteiger partial charge is 0.251 e. The molecule has 0 saturated carbocycles. The van der Waals surface area contributed by atoms with Crippen molar-refractivity contribution in [2.24, 2.45) is 0 Å². The van der Waals surface area contributed by atoms with Crippen molar-refractivity contribution in [2.75, 3.05) is 25.1 Å². The minimum Gasteiger partial charge on any atom is -0.348 e. The summed E-state index contributed by atoms with van der Waals surface area (Å²) in [5.74, 6) is 2.28. The van der Waals surface area contributed by atoms with Gasteiger partial charge in [-0.1, -0.05) is 18.2 Å². The summed E-state index contributed by atoms with van der Waals surface area (Å²) in [6, 6.07) is 8.23. The Hall–Kier alpha value is -1.00. The van der Waals surface area contributed by atoms with Crippen molar-refractivity contribution in [1.82, 2.24) is 10.6 Å². The van der Waals surface area contributed by atoms with Gasteiger partial charge in [-0.25, -0.2) is 0 Å². The van der Waals surface area contributed by atoms with Crippen molar-refractivity contribution in [3.8, 4) is 0 Å². The maximum Gasteiger partial charge on any atom is 0.251 e. The van der Waals surface area contributed by atoms with Gasteiger partial charge in [0.25, 0.3) is 5.91 Å². The SMILES string of the molecule is CNCCc1ccccc1C(=O)NC1CCSC1. The van der Waals surface area contributed by atoms with Crippen LogP contribution in [0.25, 0.3) is 0 Å². The Balaban J connectivity index is 2.03. The van der Waals surface area contributed by atoms with E-state index in [-0.39, 0.29) is 5.91 Å². The molecule has 1 unspecified atom stereocenters. The van der Waals surface area contributed by atoms with Crippen LogP contribution in [-0.4, -0.2) is 37.0 Å². The minimum atomic E-state index is 0.0780. The van der Waals surface area contributed by atoms with E-state index in [0.29, 0.717) is 6.04 Å². The van der Waals surface area contributed by atoms with Crippen molar-refractivity contribution in [2.45, 2.75) is 18.9 Å². The van der Waals surface area contributed by atoms with Gasteiger partial charge in [0, 0.05) is 17.4 Å². The fraction of sp³-hybridized carbons (Fsp3) is 0.500. The number of likely N-dealkylation sites (N-methyl/N-ethyl adjacent to an activating group) is 1. The van der Waals surface area contributed by atoms with E-state index in [1.54, 1.807) is 0 Å². The molecule has 1 aromatic carbocycles. The first-order valence-electron chi connectivity index (χ1n) is 6.42. The van der Waals surface area contributed by atoms with Crippen LogP contribution in [0.4, 0.5) is 0 Å². The van der Waals surface area contributed by atoms with E-state index in [4.69, 9.17) is 0 Å². The second kappa shape index (κ2) is 6.81. The van der Waals surface area contributed by atoms with Gasteiger partial charge in [0.1, 0.15) is 0 Å². The predicted molar refractivity (Wildman–Crippen MR) is 77.3 cm³/mol. The second-order valence-electron chi connectivity index (χ2n) is 4.54. The van der Waals surface area contributed by atoms with Crippen molar-refractivity contribution in [3.05, 3.63) is 35.4 Å². The van der Waals surface area contributed by atoms with Crippen molar-refractivity contribution in [1.29, 1.82) is 0 Å². The summed E-state index contributed by atoms with van der Waals surface area (Å²) in [5, 5.41) is 6.25. The topological polar surface area (TPSA) is 41.1 Å². The van der Waals surface area contributed by atoms with Crippen LogP contribution in [0.2, 0.25) is 0 Å². The number of nitrogens with one attached hydrogen (secondary N) is 2. The Morgan fingerprint density at radius 1 is 1.44 bits per heavy atom. The van der Waals surface area contributed by atoms with Gasteiger partial charge < -0.3 is 10.6 Å². The van der Waals surface area contributed by atoms with E-state index in [9.17, 15) is 4.79 Å². The molecule has 98 valence electrons. The number of hydrogen-bond acceptors (Lipinski definition) is 3. The summed E-state index contributed by atoms with van der Waals surface area (Å²) in [4.78, 5) is 12.2. The highest BCUT2D eigenvalue weighted by Crippen LogP contribution is 2.18. The van der Waals surface area contributed by atoms with Gasteiger partial charge in [-0.3, -0.25) is 4.79 Å². The van der Waals surface area contributed by atoms with Crippen molar-refractivity contribution in [3.63, 3.8) is 0 Å². The zero-order valence-corrected chi connectivity index (χ0v) is 11.6. The molecule has 0 bridgehead atoms. The Bertz CT molecular complexity index is 403. The first kappa shape index (κ1) is 13.4. The van der Waals surface area contributed by atoms with Gasteiger partial charge in [-0.05, 0) is 43.8 Å². The normalized spacial score (nSPS) is 18.8. The van der Waals surface area contributed by atoms with Gasteiger partial charge in [0.05, 0.1) is 0 Å². The summed E-state index contributed by atoms with van der Waals surface area (Å²) in [7, 11) is 1.93. The van der Waals surface area contributed by atoms with Crippen LogP contribution in [0.5, 0.6) is 0 Å². The molecule has 1 fully saturated rings. The quantitative estimate of drug-likeness (QED) is 0.850. The average Bonchev–Trinajstić information content (AvgIpc) is 2.89. The standard InChI is InChI=1S/C14H20N2OS/c1-15-8-6-11-4-2-3-5-13(11)14(17)16-12-7-9-18-10-12/h2-5,12,15H,6-10H2,1H3,(H,16,17). The molecule has 1 heterocycles. The van der Waals surface area contributed by atoms with Gasteiger partial charge in [0.15, 0.2) is 0 Å². The molecule has 0 radical (unpaired) electrons. The maximum absolute atomic E-state index is 12.2. The van der Waals surface area contributed by atoms with E-state index in [1.165, 1.54) is 0 Å². The number of carbonyl (C=O) groups excluding carboxylic acids is 1. The Kier molecular flexibility index (Phi) is 5.08. The first-order chi connectivity index (χ1) is 8.81. The van der Waals surface area contributed by atoms with Crippen molar-refractivity contribution < 1.29 is 4.79 Å². The summed E-state index contributed by atoms with van der Waals surface area (Å²) < 4.78 is 0. The molecule has 0 spiro atoms. The molecule has 3 nitrogen and oxygen atoms in total. The molecule has 2 N–H and O–H groups in total. The van der Waals surface area contributed by atoms with Crippen LogP contribution in [0.1, 0.15) is 22.3 Å². The molecule has 1 aliphatic heterocycles. The molecular formula is C14H20N2OS. The van der Waals surface area contributed by atoms with Crippen LogP contribution in [0.3, 0.4) is 0 Å². The predicted octanol–water partition coefficient (Wildman–Crippen LogP) is 1.68. The summed E-state index contributed by atoms with van der Waals surface area (Å²) in [5.41, 5.74) is 1.94. The Morgan fingerprint density at radius 2 is 2.28 bits per heavy atom. The Morgan fingerprint density at radius 3 is 3.00 bits per heavy atom. The van der Waals surface area contributed by atoms with Crippen molar-refractivity contribution >= 4 is 17.7 Å². The third-order valence-corrected chi connectivity index (χ3v) is 4.33. The van der Waals surface area contributed by atoms with Crippen LogP contribution >= 0.6 is 11.8 Å². The second-order valence-corrected chi connectivity index (χ2v) is 5.69. The molecule has 4 heteroatoms. The molecule has 1 aromatic rings. The lowest BCUT2D eigenvalue weighted by Crippen LogP contribution is -2.35. The van der Waals surface area contributed by atoms with Gasteiger partial charge >= 0.3 is 0 Å². The third kappa shape index (κ3) is 3.50. The zero-order chi connectivity index (χ0) is 12.8. The molecular weight excluding hydrogens is 244 g/mol. The number of hydrogen-bond donors (Lipinski definition) is 2. The number of benzene rings is 1. The fourth-order valence-corrected chi connectivity index (χ4v) is 3.28. The van der Waals surface area contributed by atoms with E-state index < -0.39 is 0 Å². The summed E-state index contributed by atoms with van der Waals surface area (Å²) in [6.45, 7) is 0.892. The molecule has 2 rings (SSSR count). The van der Waals surface area contributed by atoms with Gasteiger partial charge in [0.2, 0.25) is 0 Å². The molecule has 1 atom stereocenters. The lowest BCUT2D eigenvalue weighted by Gasteiger charge is -2.14. The molecule has 18 heavy (non-hydrogen) atoms. The van der Waals surface area contributed by atoms with Crippen LogP contribution in [0, 0.1) is 0 Å². The van der Waals surface area contributed by atoms with Crippen LogP contribution < -0.4 is 10.6 Å². The molecule has 1 aliphatic rings. The lowest BCUT2D eigenvalue weighted by atomic mass is 10.0. The highest BCUT2D eigenvalue weighted by molar-refractivity contribution is 7.99. The summed E-state index contributed by atoms with van der Waals surface area (Å²) >= 11 is 1.91.